The van der Waals surface area contributed by atoms with Gasteiger partial charge in [-0.05, 0) is 54.6 Å². The Balaban J connectivity index is 1.57. The van der Waals surface area contributed by atoms with Crippen molar-refractivity contribution in [2.24, 2.45) is 0 Å². The molecule has 0 radical (unpaired) electrons. The predicted octanol–water partition coefficient (Wildman–Crippen LogP) is 2.98. The fourth-order valence-electron chi connectivity index (χ4n) is 3.30. The van der Waals surface area contributed by atoms with Gasteiger partial charge in [-0.2, -0.15) is 0 Å². The minimum absolute atomic E-state index is 0.0659. The van der Waals surface area contributed by atoms with Gasteiger partial charge in [0.1, 0.15) is 18.1 Å². The van der Waals surface area contributed by atoms with Crippen LogP contribution in [0.4, 0.5) is 15.8 Å². The molecule has 0 fully saturated rings. The summed E-state index contributed by atoms with van der Waals surface area (Å²) in [6.45, 7) is -0.273. The van der Waals surface area contributed by atoms with Gasteiger partial charge in [0.2, 0.25) is 5.91 Å². The number of ether oxygens (including phenoxy) is 1. The molecule has 0 aliphatic rings. The van der Waals surface area contributed by atoms with E-state index in [2.05, 4.69) is 15.0 Å². The van der Waals surface area contributed by atoms with E-state index >= 15 is 0 Å². The third kappa shape index (κ3) is 4.89. The van der Waals surface area contributed by atoms with Crippen LogP contribution in [0.25, 0.3) is 11.0 Å². The fourth-order valence-corrected chi connectivity index (χ4v) is 4.37. The number of nitrogens with one attached hydrogen (secondary N) is 2. The van der Waals surface area contributed by atoms with Crippen molar-refractivity contribution < 1.29 is 22.3 Å². The van der Waals surface area contributed by atoms with E-state index in [0.29, 0.717) is 11.0 Å². The van der Waals surface area contributed by atoms with Crippen LogP contribution in [-0.4, -0.2) is 31.0 Å². The highest BCUT2D eigenvalue weighted by molar-refractivity contribution is 7.92. The average molecular weight is 482 g/mol. The minimum atomic E-state index is -4.05. The molecular formula is C23H19FN4O5S. The summed E-state index contributed by atoms with van der Waals surface area (Å²) < 4.78 is 47.4. The maximum atomic E-state index is 13.2. The molecule has 0 saturated carbocycles. The van der Waals surface area contributed by atoms with Crippen molar-refractivity contribution in [3.8, 4) is 5.75 Å². The lowest BCUT2D eigenvalue weighted by Gasteiger charge is -2.14. The summed E-state index contributed by atoms with van der Waals surface area (Å²) in [7, 11) is -2.68. The quantitative estimate of drug-likeness (QED) is 0.418. The van der Waals surface area contributed by atoms with Gasteiger partial charge < -0.3 is 10.1 Å². The van der Waals surface area contributed by atoms with E-state index in [4.69, 9.17) is 4.74 Å². The van der Waals surface area contributed by atoms with Crippen LogP contribution in [0.15, 0.2) is 82.6 Å². The van der Waals surface area contributed by atoms with Crippen molar-refractivity contribution >= 4 is 38.3 Å². The zero-order chi connectivity index (χ0) is 24.3. The molecule has 11 heteroatoms. The van der Waals surface area contributed by atoms with Gasteiger partial charge in [0.05, 0.1) is 34.9 Å². The Labute approximate surface area is 193 Å². The van der Waals surface area contributed by atoms with Crippen LogP contribution in [0.3, 0.4) is 0 Å². The number of hydrogen-bond acceptors (Lipinski definition) is 6. The number of carbonyl (C=O) groups is 1. The van der Waals surface area contributed by atoms with Crippen molar-refractivity contribution in [1.82, 2.24) is 9.55 Å². The number of methoxy groups -OCH3 is 1. The average Bonchev–Trinajstić information content (AvgIpc) is 2.81. The largest absolute Gasteiger partial charge is 0.495 e. The van der Waals surface area contributed by atoms with Crippen LogP contribution in [0.5, 0.6) is 5.75 Å². The Morgan fingerprint density at radius 2 is 1.82 bits per heavy atom. The third-order valence-corrected chi connectivity index (χ3v) is 6.29. The second-order valence-electron chi connectivity index (χ2n) is 7.19. The first-order valence-electron chi connectivity index (χ1n) is 9.98. The second kappa shape index (κ2) is 9.32. The maximum Gasteiger partial charge on any atom is 0.269 e. The summed E-state index contributed by atoms with van der Waals surface area (Å²) >= 11 is 0. The van der Waals surface area contributed by atoms with Crippen LogP contribution in [0, 0.1) is 5.82 Å². The molecule has 2 N–H and O–H groups in total. The van der Waals surface area contributed by atoms with E-state index in [1.165, 1.54) is 29.9 Å². The van der Waals surface area contributed by atoms with Crippen LogP contribution in [0.1, 0.15) is 0 Å². The van der Waals surface area contributed by atoms with Crippen molar-refractivity contribution in [1.29, 1.82) is 0 Å². The molecule has 4 aromatic rings. The lowest BCUT2D eigenvalue weighted by molar-refractivity contribution is -0.116. The fraction of sp³-hybridized carbons (Fsp3) is 0.0870. The van der Waals surface area contributed by atoms with Gasteiger partial charge in [-0.15, -0.1) is 0 Å². The second-order valence-corrected chi connectivity index (χ2v) is 8.88. The van der Waals surface area contributed by atoms with Crippen molar-refractivity contribution in [2.75, 3.05) is 17.1 Å². The SMILES string of the molecule is COc1ccc(NC(=O)Cn2c(=O)cnc3ccccc32)cc1NS(=O)(=O)c1ccc(F)cc1. The predicted molar refractivity (Wildman–Crippen MR) is 125 cm³/mol. The van der Waals surface area contributed by atoms with Crippen LogP contribution in [0.2, 0.25) is 0 Å². The lowest BCUT2D eigenvalue weighted by atomic mass is 10.2. The van der Waals surface area contributed by atoms with Crippen molar-refractivity contribution in [2.45, 2.75) is 11.4 Å². The van der Waals surface area contributed by atoms with E-state index in [-0.39, 0.29) is 28.6 Å². The monoisotopic (exact) mass is 482 g/mol. The van der Waals surface area contributed by atoms with Crippen LogP contribution >= 0.6 is 0 Å². The standard InChI is InChI=1S/C23H19FN4O5S/c1-33-21-11-8-16(12-19(21)27-34(31,32)17-9-6-15(24)7-10-17)26-22(29)14-28-20-5-3-2-4-18(20)25-13-23(28)30/h2-13,27H,14H2,1H3,(H,26,29). The highest BCUT2D eigenvalue weighted by Gasteiger charge is 2.18. The smallest absolute Gasteiger partial charge is 0.269 e. The van der Waals surface area contributed by atoms with Gasteiger partial charge >= 0.3 is 0 Å². The molecular weight excluding hydrogens is 463 g/mol. The number of carbonyl (C=O) groups excluding carboxylic acids is 1. The number of aromatic nitrogens is 2. The summed E-state index contributed by atoms with van der Waals surface area (Å²) in [6, 6.07) is 15.6. The number of fused-ring (bicyclic) bond motifs is 1. The molecule has 0 unspecified atom stereocenters. The first-order chi connectivity index (χ1) is 16.3. The van der Waals surface area contributed by atoms with Gasteiger partial charge in [0.15, 0.2) is 0 Å². The maximum absolute atomic E-state index is 13.2. The summed E-state index contributed by atoms with van der Waals surface area (Å²) in [4.78, 5) is 28.9. The van der Waals surface area contributed by atoms with Crippen LogP contribution in [-0.2, 0) is 21.4 Å². The van der Waals surface area contributed by atoms with Crippen molar-refractivity contribution in [3.05, 3.63) is 89.1 Å². The molecule has 0 atom stereocenters. The molecule has 0 aliphatic heterocycles. The van der Waals surface area contributed by atoms with E-state index in [1.54, 1.807) is 24.3 Å². The molecule has 34 heavy (non-hydrogen) atoms. The first kappa shape index (κ1) is 22.9. The Bertz CT molecular complexity index is 1540. The molecule has 1 heterocycles. The summed E-state index contributed by atoms with van der Waals surface area (Å²) in [5.74, 6) is -0.863. The van der Waals surface area contributed by atoms with Gasteiger partial charge in [-0.1, -0.05) is 12.1 Å². The number of rotatable bonds is 7. The molecule has 174 valence electrons. The normalized spacial score (nSPS) is 11.2. The van der Waals surface area contributed by atoms with E-state index in [9.17, 15) is 22.4 Å². The first-order valence-corrected chi connectivity index (χ1v) is 11.5. The number of halogens is 1. The minimum Gasteiger partial charge on any atom is -0.495 e. The van der Waals surface area contributed by atoms with E-state index < -0.39 is 27.3 Å². The molecule has 0 spiro atoms. The molecule has 0 bridgehead atoms. The molecule has 1 amide bonds. The number of para-hydroxylation sites is 2. The number of nitrogens with zero attached hydrogens (tertiary/aromatic N) is 2. The van der Waals surface area contributed by atoms with Crippen molar-refractivity contribution in [3.63, 3.8) is 0 Å². The molecule has 9 nitrogen and oxygen atoms in total. The molecule has 0 saturated heterocycles. The van der Waals surface area contributed by atoms with Gasteiger partial charge in [-0.3, -0.25) is 18.9 Å². The van der Waals surface area contributed by atoms with E-state index in [0.717, 1.165) is 30.5 Å². The molecule has 0 aliphatic carbocycles. The van der Waals surface area contributed by atoms with Gasteiger partial charge in [-0.25, -0.2) is 17.8 Å². The Morgan fingerprint density at radius 1 is 1.09 bits per heavy atom. The highest BCUT2D eigenvalue weighted by atomic mass is 32.2. The van der Waals surface area contributed by atoms with Gasteiger partial charge in [0, 0.05) is 5.69 Å². The Kier molecular flexibility index (Phi) is 6.28. The third-order valence-electron chi connectivity index (χ3n) is 4.91. The zero-order valence-electron chi connectivity index (χ0n) is 17.9. The topological polar surface area (TPSA) is 119 Å². The highest BCUT2D eigenvalue weighted by Crippen LogP contribution is 2.30. The number of amides is 1. The lowest BCUT2D eigenvalue weighted by Crippen LogP contribution is -2.28. The van der Waals surface area contributed by atoms with Crippen LogP contribution < -0.4 is 20.3 Å². The number of hydrogen-bond donors (Lipinski definition) is 2. The Hall–Kier alpha value is -4.25. The summed E-state index contributed by atoms with van der Waals surface area (Å²) in [5, 5.41) is 2.65. The van der Waals surface area contributed by atoms with E-state index in [1.807, 2.05) is 0 Å². The molecule has 1 aromatic heterocycles. The molecule has 3 aromatic carbocycles. The number of benzene rings is 3. The number of sulfonamides is 1. The Morgan fingerprint density at radius 3 is 2.56 bits per heavy atom. The zero-order valence-corrected chi connectivity index (χ0v) is 18.7. The number of anilines is 2. The summed E-state index contributed by atoms with van der Waals surface area (Å²) in [6.07, 6.45) is 1.14. The summed E-state index contributed by atoms with van der Waals surface area (Å²) in [5.41, 5.74) is 0.978. The van der Waals surface area contributed by atoms with Gasteiger partial charge in [0.25, 0.3) is 15.6 Å². The molecule has 4 rings (SSSR count).